The van der Waals surface area contributed by atoms with E-state index in [-0.39, 0.29) is 6.09 Å². The van der Waals surface area contributed by atoms with E-state index >= 15 is 0 Å². The number of nitrogens with one attached hydrogen (secondary N) is 1. The summed E-state index contributed by atoms with van der Waals surface area (Å²) in [4.78, 5) is 13.9. The minimum Gasteiger partial charge on any atom is -0.444 e. The van der Waals surface area contributed by atoms with Gasteiger partial charge in [0, 0.05) is 25.7 Å². The van der Waals surface area contributed by atoms with Crippen LogP contribution in [0.1, 0.15) is 45.2 Å². The maximum absolute atomic E-state index is 12.1. The molecule has 22 heavy (non-hydrogen) atoms. The van der Waals surface area contributed by atoms with E-state index in [4.69, 9.17) is 4.74 Å². The van der Waals surface area contributed by atoms with Crippen LogP contribution in [0.25, 0.3) is 0 Å². The molecule has 1 atom stereocenters. The van der Waals surface area contributed by atoms with Crippen molar-refractivity contribution in [2.75, 3.05) is 13.1 Å². The average molecular weight is 304 g/mol. The fourth-order valence-corrected chi connectivity index (χ4v) is 2.75. The zero-order chi connectivity index (χ0) is 16.2. The summed E-state index contributed by atoms with van der Waals surface area (Å²) in [6.45, 7) is 10.2. The van der Waals surface area contributed by atoms with Crippen molar-refractivity contribution in [2.24, 2.45) is 0 Å². The molecule has 2 rings (SSSR count). The molecule has 0 spiro atoms. The largest absolute Gasteiger partial charge is 0.444 e. The average Bonchev–Trinajstić information content (AvgIpc) is 2.92. The van der Waals surface area contributed by atoms with Gasteiger partial charge in [0.25, 0.3) is 0 Å². The highest BCUT2D eigenvalue weighted by atomic mass is 16.6. The van der Waals surface area contributed by atoms with E-state index in [1.54, 1.807) is 4.90 Å². The Hall–Kier alpha value is -1.55. The predicted molar refractivity (Wildman–Crippen MR) is 88.9 cm³/mol. The lowest BCUT2D eigenvalue weighted by molar-refractivity contribution is 0.0291. The Kier molecular flexibility index (Phi) is 5.46. The van der Waals surface area contributed by atoms with Crippen LogP contribution in [-0.4, -0.2) is 35.7 Å². The highest BCUT2D eigenvalue weighted by molar-refractivity contribution is 5.68. The number of aryl methyl sites for hydroxylation is 1. The van der Waals surface area contributed by atoms with Crippen LogP contribution in [0.5, 0.6) is 0 Å². The first-order valence-electron chi connectivity index (χ1n) is 8.17. The number of hydrogen-bond acceptors (Lipinski definition) is 3. The third kappa shape index (κ3) is 4.73. The van der Waals surface area contributed by atoms with Crippen LogP contribution in [0.4, 0.5) is 4.79 Å². The summed E-state index contributed by atoms with van der Waals surface area (Å²) in [6.07, 6.45) is 1.82. The van der Waals surface area contributed by atoms with Crippen LogP contribution in [0.15, 0.2) is 24.3 Å². The van der Waals surface area contributed by atoms with Gasteiger partial charge in [-0.2, -0.15) is 0 Å². The predicted octanol–water partition coefficient (Wildman–Crippen LogP) is 3.35. The second-order valence-corrected chi connectivity index (χ2v) is 6.92. The Morgan fingerprint density at radius 3 is 2.64 bits per heavy atom. The van der Waals surface area contributed by atoms with Crippen molar-refractivity contribution in [1.82, 2.24) is 10.2 Å². The number of benzene rings is 1. The Morgan fingerprint density at radius 2 is 2.00 bits per heavy atom. The van der Waals surface area contributed by atoms with Crippen LogP contribution in [0.3, 0.4) is 0 Å². The molecule has 1 unspecified atom stereocenters. The molecule has 0 aromatic heterocycles. The number of ether oxygens (including phenoxy) is 1. The van der Waals surface area contributed by atoms with Gasteiger partial charge in [-0.05, 0) is 44.7 Å². The van der Waals surface area contributed by atoms with Crippen LogP contribution in [-0.2, 0) is 17.7 Å². The lowest BCUT2D eigenvalue weighted by Gasteiger charge is -2.24. The van der Waals surface area contributed by atoms with Crippen molar-refractivity contribution in [3.63, 3.8) is 0 Å². The van der Waals surface area contributed by atoms with Gasteiger partial charge in [0.1, 0.15) is 5.60 Å². The standard InChI is InChI=1S/C18H28N2O2/c1-5-14-8-6-7-9-15(14)12-19-16-10-11-20(13-16)17(21)22-18(2,3)4/h6-9,16,19H,5,10-13H2,1-4H3. The molecule has 1 heterocycles. The summed E-state index contributed by atoms with van der Waals surface area (Å²) < 4.78 is 5.43. The number of rotatable bonds is 4. The maximum atomic E-state index is 12.1. The minimum absolute atomic E-state index is 0.203. The molecule has 1 aliphatic heterocycles. The molecule has 1 N–H and O–H groups in total. The van der Waals surface area contributed by atoms with Gasteiger partial charge in [-0.15, -0.1) is 0 Å². The molecule has 122 valence electrons. The Labute approximate surface area is 133 Å². The number of likely N-dealkylation sites (tertiary alicyclic amines) is 1. The molecule has 4 heteroatoms. The van der Waals surface area contributed by atoms with E-state index in [9.17, 15) is 4.79 Å². The topological polar surface area (TPSA) is 41.6 Å². The van der Waals surface area contributed by atoms with Crippen molar-refractivity contribution in [3.8, 4) is 0 Å². The van der Waals surface area contributed by atoms with Crippen molar-refractivity contribution in [3.05, 3.63) is 35.4 Å². The van der Waals surface area contributed by atoms with Crippen molar-refractivity contribution in [1.29, 1.82) is 0 Å². The second kappa shape index (κ2) is 7.14. The van der Waals surface area contributed by atoms with Gasteiger partial charge < -0.3 is 15.0 Å². The van der Waals surface area contributed by atoms with Crippen molar-refractivity contribution in [2.45, 2.75) is 58.7 Å². The third-order valence-electron chi connectivity index (χ3n) is 3.92. The normalized spacial score (nSPS) is 18.5. The maximum Gasteiger partial charge on any atom is 0.410 e. The van der Waals surface area contributed by atoms with Crippen LogP contribution >= 0.6 is 0 Å². The summed E-state index contributed by atoms with van der Waals surface area (Å²) >= 11 is 0. The quantitative estimate of drug-likeness (QED) is 0.927. The first-order chi connectivity index (χ1) is 10.4. The number of carbonyl (C=O) groups excluding carboxylic acids is 1. The molecule has 1 saturated heterocycles. The lowest BCUT2D eigenvalue weighted by atomic mass is 10.1. The summed E-state index contributed by atoms with van der Waals surface area (Å²) in [5.74, 6) is 0. The van der Waals surface area contributed by atoms with Gasteiger partial charge in [-0.3, -0.25) is 0 Å². The van der Waals surface area contributed by atoms with E-state index in [2.05, 4.69) is 36.5 Å². The Morgan fingerprint density at radius 1 is 1.32 bits per heavy atom. The molecule has 0 radical (unpaired) electrons. The lowest BCUT2D eigenvalue weighted by Crippen LogP contribution is -2.38. The van der Waals surface area contributed by atoms with Gasteiger partial charge >= 0.3 is 6.09 Å². The zero-order valence-corrected chi connectivity index (χ0v) is 14.2. The SMILES string of the molecule is CCc1ccccc1CNC1CCN(C(=O)OC(C)(C)C)C1. The molecule has 1 aliphatic rings. The summed E-state index contributed by atoms with van der Waals surface area (Å²) in [5.41, 5.74) is 2.31. The van der Waals surface area contributed by atoms with Gasteiger partial charge in [-0.25, -0.2) is 4.79 Å². The van der Waals surface area contributed by atoms with Crippen molar-refractivity contribution >= 4 is 6.09 Å². The fourth-order valence-electron chi connectivity index (χ4n) is 2.75. The number of nitrogens with zero attached hydrogens (tertiary/aromatic N) is 1. The highest BCUT2D eigenvalue weighted by Gasteiger charge is 2.29. The Bertz CT molecular complexity index is 508. The molecule has 0 saturated carbocycles. The number of amides is 1. The van der Waals surface area contributed by atoms with Crippen LogP contribution < -0.4 is 5.32 Å². The summed E-state index contributed by atoms with van der Waals surface area (Å²) in [6, 6.07) is 8.86. The molecule has 4 nitrogen and oxygen atoms in total. The molecule has 1 amide bonds. The fraction of sp³-hybridized carbons (Fsp3) is 0.611. The van der Waals surface area contributed by atoms with Crippen LogP contribution in [0, 0.1) is 0 Å². The highest BCUT2D eigenvalue weighted by Crippen LogP contribution is 2.16. The molecular formula is C18H28N2O2. The van der Waals surface area contributed by atoms with Crippen LogP contribution in [0.2, 0.25) is 0 Å². The summed E-state index contributed by atoms with van der Waals surface area (Å²) in [5, 5.41) is 3.57. The molecule has 1 fully saturated rings. The molecule has 0 aliphatic carbocycles. The smallest absolute Gasteiger partial charge is 0.410 e. The van der Waals surface area contributed by atoms with E-state index in [0.717, 1.165) is 32.5 Å². The molecular weight excluding hydrogens is 276 g/mol. The van der Waals surface area contributed by atoms with Gasteiger partial charge in [-0.1, -0.05) is 31.2 Å². The number of hydrogen-bond donors (Lipinski definition) is 1. The van der Waals surface area contributed by atoms with E-state index in [0.29, 0.717) is 6.04 Å². The molecule has 1 aromatic rings. The minimum atomic E-state index is -0.428. The Balaban J connectivity index is 1.83. The monoisotopic (exact) mass is 304 g/mol. The molecule has 0 bridgehead atoms. The number of carbonyl (C=O) groups is 1. The third-order valence-corrected chi connectivity index (χ3v) is 3.92. The first-order valence-corrected chi connectivity index (χ1v) is 8.17. The second-order valence-electron chi connectivity index (χ2n) is 6.92. The van der Waals surface area contributed by atoms with Gasteiger partial charge in [0.05, 0.1) is 0 Å². The molecule has 1 aromatic carbocycles. The zero-order valence-electron chi connectivity index (χ0n) is 14.2. The van der Waals surface area contributed by atoms with Crippen molar-refractivity contribution < 1.29 is 9.53 Å². The van der Waals surface area contributed by atoms with E-state index in [1.165, 1.54) is 11.1 Å². The van der Waals surface area contributed by atoms with Gasteiger partial charge in [0.2, 0.25) is 0 Å². The van der Waals surface area contributed by atoms with E-state index < -0.39 is 5.60 Å². The van der Waals surface area contributed by atoms with Gasteiger partial charge in [0.15, 0.2) is 0 Å². The first kappa shape index (κ1) is 16.8. The van der Waals surface area contributed by atoms with E-state index in [1.807, 2.05) is 20.8 Å². The summed E-state index contributed by atoms with van der Waals surface area (Å²) in [7, 11) is 0.